The number of hydrogen-bond acceptors (Lipinski definition) is 6. The lowest BCUT2D eigenvalue weighted by molar-refractivity contribution is -0.0735. The number of nitrogens with zero attached hydrogens (tertiary/aromatic N) is 1. The van der Waals surface area contributed by atoms with Crippen molar-refractivity contribution in [1.29, 1.82) is 0 Å². The van der Waals surface area contributed by atoms with Crippen molar-refractivity contribution >= 4 is 40.5 Å². The summed E-state index contributed by atoms with van der Waals surface area (Å²) in [5.74, 6) is -0.00448. The number of ether oxygens (including phenoxy) is 1. The van der Waals surface area contributed by atoms with Gasteiger partial charge in [-0.05, 0) is 13.0 Å². The summed E-state index contributed by atoms with van der Waals surface area (Å²) in [7, 11) is 0. The van der Waals surface area contributed by atoms with E-state index >= 15 is 0 Å². The van der Waals surface area contributed by atoms with Gasteiger partial charge in [-0.15, -0.1) is 23.2 Å². The quantitative estimate of drug-likeness (QED) is 0.523. The highest BCUT2D eigenvalue weighted by atomic mass is 35.5. The molecule has 2 N–H and O–H groups in total. The zero-order valence-electron chi connectivity index (χ0n) is 17.0. The van der Waals surface area contributed by atoms with Crippen molar-refractivity contribution in [2.75, 3.05) is 36.4 Å². The molecule has 3 atom stereocenters. The second kappa shape index (κ2) is 8.88. The lowest BCUT2D eigenvalue weighted by Crippen LogP contribution is -2.31. The van der Waals surface area contributed by atoms with E-state index in [2.05, 4.69) is 0 Å². The number of carbonyl (C=O) groups excluding carboxylic acids is 2. The number of aliphatic hydroxyl groups excluding tert-OH is 2. The molecular formula is C23H23Cl2NO5. The summed E-state index contributed by atoms with van der Waals surface area (Å²) >= 11 is 12.0. The SMILES string of the molecule is CCOC1c2c3c(cc(N(CCCl)CCCl)c2C(O)C1O)C(=O)c1ccccc1C3=O. The highest BCUT2D eigenvalue weighted by Gasteiger charge is 2.47. The van der Waals surface area contributed by atoms with E-state index < -0.39 is 18.3 Å². The number of alkyl halides is 2. The third kappa shape index (κ3) is 3.47. The molecule has 2 aliphatic carbocycles. The van der Waals surface area contributed by atoms with Crippen LogP contribution in [0.15, 0.2) is 30.3 Å². The van der Waals surface area contributed by atoms with Crippen LogP contribution in [0.1, 0.15) is 62.1 Å². The van der Waals surface area contributed by atoms with E-state index in [0.29, 0.717) is 52.8 Å². The fraction of sp³-hybridized carbons (Fsp3) is 0.391. The van der Waals surface area contributed by atoms with Crippen LogP contribution in [0.3, 0.4) is 0 Å². The Morgan fingerprint density at radius 1 is 0.968 bits per heavy atom. The molecule has 2 aliphatic rings. The summed E-state index contributed by atoms with van der Waals surface area (Å²) in [6.07, 6.45) is -3.48. The Morgan fingerprint density at radius 3 is 2.16 bits per heavy atom. The second-order valence-electron chi connectivity index (χ2n) is 7.53. The molecule has 2 aromatic rings. The van der Waals surface area contributed by atoms with Crippen LogP contribution in [0, 0.1) is 0 Å². The van der Waals surface area contributed by atoms with Crippen LogP contribution in [0.4, 0.5) is 5.69 Å². The molecule has 0 saturated heterocycles. The third-order valence-corrected chi connectivity index (χ3v) is 6.22. The molecule has 0 amide bonds. The molecular weight excluding hydrogens is 441 g/mol. The minimum absolute atomic E-state index is 0.188. The van der Waals surface area contributed by atoms with Gasteiger partial charge < -0.3 is 19.8 Å². The van der Waals surface area contributed by atoms with Crippen molar-refractivity contribution in [2.45, 2.75) is 25.2 Å². The zero-order chi connectivity index (χ0) is 22.3. The van der Waals surface area contributed by atoms with E-state index in [1.807, 2.05) is 4.90 Å². The van der Waals surface area contributed by atoms with Crippen molar-refractivity contribution < 1.29 is 24.5 Å². The first-order valence-corrected chi connectivity index (χ1v) is 11.3. The Hall–Kier alpha value is -1.96. The second-order valence-corrected chi connectivity index (χ2v) is 8.28. The number of rotatable bonds is 7. The van der Waals surface area contributed by atoms with Gasteiger partial charge in [-0.25, -0.2) is 0 Å². The van der Waals surface area contributed by atoms with E-state index in [-0.39, 0.29) is 29.3 Å². The van der Waals surface area contributed by atoms with Gasteiger partial charge in [-0.3, -0.25) is 9.59 Å². The zero-order valence-corrected chi connectivity index (χ0v) is 18.5. The molecule has 8 heteroatoms. The van der Waals surface area contributed by atoms with Crippen LogP contribution in [-0.2, 0) is 4.74 Å². The van der Waals surface area contributed by atoms with Crippen molar-refractivity contribution in [3.63, 3.8) is 0 Å². The molecule has 0 fully saturated rings. The number of fused-ring (bicyclic) bond motifs is 4. The fourth-order valence-electron chi connectivity index (χ4n) is 4.58. The lowest BCUT2D eigenvalue weighted by atomic mass is 9.79. The summed E-state index contributed by atoms with van der Waals surface area (Å²) in [5, 5.41) is 21.7. The Labute approximate surface area is 190 Å². The number of benzene rings is 2. The number of hydrogen-bond donors (Lipinski definition) is 2. The van der Waals surface area contributed by atoms with Gasteiger partial charge >= 0.3 is 0 Å². The molecule has 2 aromatic carbocycles. The van der Waals surface area contributed by atoms with Gasteiger partial charge in [0.2, 0.25) is 0 Å². The monoisotopic (exact) mass is 463 g/mol. The molecule has 0 heterocycles. The van der Waals surface area contributed by atoms with Crippen LogP contribution in [-0.4, -0.2) is 59.3 Å². The summed E-state index contributed by atoms with van der Waals surface area (Å²) in [6.45, 7) is 2.86. The van der Waals surface area contributed by atoms with E-state index in [0.717, 1.165) is 0 Å². The van der Waals surface area contributed by atoms with E-state index in [4.69, 9.17) is 27.9 Å². The highest BCUT2D eigenvalue weighted by molar-refractivity contribution is 6.29. The van der Waals surface area contributed by atoms with Crippen LogP contribution < -0.4 is 4.90 Å². The summed E-state index contributed by atoms with van der Waals surface area (Å²) in [6, 6.07) is 8.28. The maximum absolute atomic E-state index is 13.5. The van der Waals surface area contributed by atoms with Crippen molar-refractivity contribution in [3.8, 4) is 0 Å². The highest BCUT2D eigenvalue weighted by Crippen LogP contribution is 2.50. The lowest BCUT2D eigenvalue weighted by Gasteiger charge is -2.30. The molecule has 0 radical (unpaired) electrons. The predicted octanol–water partition coefficient (Wildman–Crippen LogP) is 3.23. The smallest absolute Gasteiger partial charge is 0.194 e. The van der Waals surface area contributed by atoms with Gasteiger partial charge in [0.25, 0.3) is 0 Å². The van der Waals surface area contributed by atoms with Crippen LogP contribution in [0.2, 0.25) is 0 Å². The summed E-state index contributed by atoms with van der Waals surface area (Å²) in [5.41, 5.74) is 2.35. The summed E-state index contributed by atoms with van der Waals surface area (Å²) in [4.78, 5) is 28.7. The fourth-order valence-corrected chi connectivity index (χ4v) is 4.99. The van der Waals surface area contributed by atoms with E-state index in [9.17, 15) is 19.8 Å². The largest absolute Gasteiger partial charge is 0.387 e. The average Bonchev–Trinajstić information content (AvgIpc) is 3.02. The third-order valence-electron chi connectivity index (χ3n) is 5.88. The molecule has 31 heavy (non-hydrogen) atoms. The molecule has 0 bridgehead atoms. The maximum atomic E-state index is 13.5. The maximum Gasteiger partial charge on any atom is 0.194 e. The van der Waals surface area contributed by atoms with Crippen LogP contribution in [0.25, 0.3) is 0 Å². The summed E-state index contributed by atoms with van der Waals surface area (Å²) < 4.78 is 5.76. The Balaban J connectivity index is 2.04. The number of halogens is 2. The standard InChI is InChI=1S/C23H23Cl2NO5/c1-2-31-23-18-16-14(19(27)12-5-3-4-6-13(12)20(16)28)11-15(17(18)21(29)22(23)30)26(9-7-24)10-8-25/h3-6,11,21-23,29-30H,2,7-10H2,1H3. The first-order valence-electron chi connectivity index (χ1n) is 10.2. The molecule has 4 rings (SSSR count). The van der Waals surface area contributed by atoms with Gasteiger partial charge in [0.1, 0.15) is 18.3 Å². The number of carbonyl (C=O) groups is 2. The van der Waals surface area contributed by atoms with Gasteiger partial charge in [0, 0.05) is 70.5 Å². The molecule has 3 unspecified atom stereocenters. The Morgan fingerprint density at radius 2 is 1.58 bits per heavy atom. The van der Waals surface area contributed by atoms with Gasteiger partial charge in [-0.2, -0.15) is 0 Å². The van der Waals surface area contributed by atoms with Crippen molar-refractivity contribution in [2.24, 2.45) is 0 Å². The minimum atomic E-state index is -1.28. The first kappa shape index (κ1) is 22.2. The van der Waals surface area contributed by atoms with Gasteiger partial charge in [-0.1, -0.05) is 24.3 Å². The molecule has 164 valence electrons. The Bertz CT molecular complexity index is 1030. The molecule has 6 nitrogen and oxygen atoms in total. The molecule has 0 aliphatic heterocycles. The number of aliphatic hydroxyl groups is 2. The van der Waals surface area contributed by atoms with E-state index in [1.54, 1.807) is 37.3 Å². The average molecular weight is 464 g/mol. The van der Waals surface area contributed by atoms with E-state index in [1.165, 1.54) is 0 Å². The van der Waals surface area contributed by atoms with Crippen LogP contribution >= 0.6 is 23.2 Å². The normalized spacial score (nSPS) is 21.6. The first-order chi connectivity index (χ1) is 15.0. The van der Waals surface area contributed by atoms with Gasteiger partial charge in [0.15, 0.2) is 11.6 Å². The minimum Gasteiger partial charge on any atom is -0.387 e. The van der Waals surface area contributed by atoms with Crippen LogP contribution in [0.5, 0.6) is 0 Å². The van der Waals surface area contributed by atoms with Gasteiger partial charge in [0.05, 0.1) is 0 Å². The predicted molar refractivity (Wildman–Crippen MR) is 119 cm³/mol. The molecule has 0 saturated carbocycles. The topological polar surface area (TPSA) is 87.1 Å². The number of ketones is 2. The van der Waals surface area contributed by atoms with Crippen molar-refractivity contribution in [1.82, 2.24) is 0 Å². The number of anilines is 1. The molecule has 0 aromatic heterocycles. The van der Waals surface area contributed by atoms with Crippen molar-refractivity contribution in [3.05, 3.63) is 63.7 Å². The molecule has 0 spiro atoms. The Kier molecular flexibility index (Phi) is 6.37.